The van der Waals surface area contributed by atoms with Crippen LogP contribution in [0.5, 0.6) is 0 Å². The summed E-state index contributed by atoms with van der Waals surface area (Å²) in [4.78, 5) is 0. The molecule has 22 heavy (non-hydrogen) atoms. The smallest absolute Gasteiger partial charge is 0.187 e. The third kappa shape index (κ3) is 5.05. The zero-order valence-electron chi connectivity index (χ0n) is 14.6. The van der Waals surface area contributed by atoms with E-state index in [4.69, 9.17) is 8.85 Å². The molecule has 0 amide bonds. The molecule has 0 aromatic heterocycles. The molecule has 0 radical (unpaired) electrons. The highest BCUT2D eigenvalue weighted by Gasteiger charge is 2.39. The first-order valence-corrected chi connectivity index (χ1v) is 14.8. The minimum absolute atomic E-state index is 0.576. The van der Waals surface area contributed by atoms with Crippen molar-refractivity contribution in [2.24, 2.45) is 0 Å². The fourth-order valence-electron chi connectivity index (χ4n) is 2.66. The van der Waals surface area contributed by atoms with Gasteiger partial charge in [-0.1, -0.05) is 42.5 Å². The van der Waals surface area contributed by atoms with Crippen LogP contribution in [0.15, 0.2) is 48.6 Å². The zero-order valence-corrected chi connectivity index (χ0v) is 16.6. The SMILES string of the molecule is C[Si](C)(C)OC1(O[Si](C)(C)C)C=CC(c2ccccc2)=CC1. The van der Waals surface area contributed by atoms with Gasteiger partial charge in [-0.15, -0.1) is 0 Å². The monoisotopic (exact) mass is 332 g/mol. The van der Waals surface area contributed by atoms with E-state index in [9.17, 15) is 0 Å². The van der Waals surface area contributed by atoms with E-state index >= 15 is 0 Å². The van der Waals surface area contributed by atoms with Gasteiger partial charge in [-0.2, -0.15) is 0 Å². The lowest BCUT2D eigenvalue weighted by atomic mass is 9.97. The van der Waals surface area contributed by atoms with Gasteiger partial charge in [0.25, 0.3) is 0 Å². The molecule has 0 heterocycles. The molecule has 0 fully saturated rings. The van der Waals surface area contributed by atoms with Crippen molar-refractivity contribution in [2.75, 3.05) is 0 Å². The Kier molecular flexibility index (Phi) is 4.97. The lowest BCUT2D eigenvalue weighted by molar-refractivity contribution is -0.0820. The molecule has 0 N–H and O–H groups in total. The second-order valence-corrected chi connectivity index (χ2v) is 16.7. The van der Waals surface area contributed by atoms with Crippen molar-refractivity contribution in [3.63, 3.8) is 0 Å². The number of allylic oxidation sites excluding steroid dienone is 2. The topological polar surface area (TPSA) is 18.5 Å². The summed E-state index contributed by atoms with van der Waals surface area (Å²) < 4.78 is 12.9. The van der Waals surface area contributed by atoms with Gasteiger partial charge in [0, 0.05) is 6.42 Å². The lowest BCUT2D eigenvalue weighted by Gasteiger charge is -2.42. The lowest BCUT2D eigenvalue weighted by Crippen LogP contribution is -2.49. The predicted molar refractivity (Wildman–Crippen MR) is 99.8 cm³/mol. The van der Waals surface area contributed by atoms with Gasteiger partial charge in [-0.05, 0) is 56.5 Å². The Bertz CT molecular complexity index is 547. The molecular weight excluding hydrogens is 304 g/mol. The van der Waals surface area contributed by atoms with Crippen LogP contribution in [0.1, 0.15) is 12.0 Å². The average molecular weight is 333 g/mol. The molecule has 0 aliphatic heterocycles. The maximum Gasteiger partial charge on any atom is 0.187 e. The molecule has 1 aliphatic rings. The average Bonchev–Trinajstić information content (AvgIpc) is 2.36. The highest BCUT2D eigenvalue weighted by molar-refractivity contribution is 6.71. The third-order valence-corrected chi connectivity index (χ3v) is 5.10. The van der Waals surface area contributed by atoms with Crippen LogP contribution in [-0.4, -0.2) is 22.4 Å². The van der Waals surface area contributed by atoms with Gasteiger partial charge >= 0.3 is 0 Å². The largest absolute Gasteiger partial charge is 0.388 e. The van der Waals surface area contributed by atoms with E-state index in [1.165, 1.54) is 11.1 Å². The third-order valence-electron chi connectivity index (χ3n) is 3.19. The number of hydrogen-bond donors (Lipinski definition) is 0. The van der Waals surface area contributed by atoms with Crippen LogP contribution in [0, 0.1) is 0 Å². The van der Waals surface area contributed by atoms with Gasteiger partial charge in [-0.25, -0.2) is 0 Å². The second kappa shape index (κ2) is 6.28. The summed E-state index contributed by atoms with van der Waals surface area (Å²) in [6.07, 6.45) is 7.31. The summed E-state index contributed by atoms with van der Waals surface area (Å²) in [7, 11) is -3.40. The first-order valence-electron chi connectivity index (χ1n) is 7.94. The summed E-state index contributed by atoms with van der Waals surface area (Å²) in [5.74, 6) is -0.576. The predicted octanol–water partition coefficient (Wildman–Crippen LogP) is 5.43. The van der Waals surface area contributed by atoms with Gasteiger partial charge in [0.15, 0.2) is 22.4 Å². The summed E-state index contributed by atoms with van der Waals surface area (Å²) in [5.41, 5.74) is 2.49. The van der Waals surface area contributed by atoms with E-state index in [-0.39, 0.29) is 0 Å². The zero-order chi connectivity index (χ0) is 16.4. The first kappa shape index (κ1) is 17.4. The van der Waals surface area contributed by atoms with Crippen molar-refractivity contribution in [1.82, 2.24) is 0 Å². The van der Waals surface area contributed by atoms with Gasteiger partial charge in [0.1, 0.15) is 0 Å². The van der Waals surface area contributed by atoms with Crippen molar-refractivity contribution in [2.45, 2.75) is 51.5 Å². The van der Waals surface area contributed by atoms with E-state index in [2.05, 4.69) is 81.8 Å². The fourth-order valence-corrected chi connectivity index (χ4v) is 5.20. The second-order valence-electron chi connectivity index (χ2n) is 7.80. The van der Waals surface area contributed by atoms with E-state index in [0.29, 0.717) is 0 Å². The molecule has 1 aliphatic carbocycles. The Morgan fingerprint density at radius 2 is 1.41 bits per heavy atom. The molecule has 120 valence electrons. The molecule has 2 nitrogen and oxygen atoms in total. The summed E-state index contributed by atoms with van der Waals surface area (Å²) >= 11 is 0. The maximum absolute atomic E-state index is 6.45. The van der Waals surface area contributed by atoms with Crippen LogP contribution < -0.4 is 0 Å². The van der Waals surface area contributed by atoms with Crippen molar-refractivity contribution >= 4 is 22.2 Å². The van der Waals surface area contributed by atoms with Gasteiger partial charge in [-0.3, -0.25) is 0 Å². The van der Waals surface area contributed by atoms with Gasteiger partial charge in [0.2, 0.25) is 0 Å². The number of rotatable bonds is 5. The number of benzene rings is 1. The van der Waals surface area contributed by atoms with Crippen molar-refractivity contribution in [3.05, 3.63) is 54.1 Å². The Balaban J connectivity index is 2.24. The van der Waals surface area contributed by atoms with Crippen LogP contribution in [0.3, 0.4) is 0 Å². The van der Waals surface area contributed by atoms with E-state index in [0.717, 1.165) is 6.42 Å². The molecule has 2 rings (SSSR count). The van der Waals surface area contributed by atoms with Crippen molar-refractivity contribution in [1.29, 1.82) is 0 Å². The fraction of sp³-hybridized carbons (Fsp3) is 0.444. The van der Waals surface area contributed by atoms with Crippen LogP contribution in [0.4, 0.5) is 0 Å². The Labute approximate surface area is 137 Å². The normalized spacial score (nSPS) is 18.2. The first-order chi connectivity index (χ1) is 10.1. The van der Waals surface area contributed by atoms with Crippen molar-refractivity contribution < 1.29 is 8.85 Å². The molecule has 0 bridgehead atoms. The van der Waals surface area contributed by atoms with Crippen LogP contribution in [-0.2, 0) is 8.85 Å². The molecule has 4 heteroatoms. The summed E-state index contributed by atoms with van der Waals surface area (Å²) in [6.45, 7) is 13.3. The summed E-state index contributed by atoms with van der Waals surface area (Å²) in [6, 6.07) is 10.5. The Morgan fingerprint density at radius 1 is 0.864 bits per heavy atom. The Hall–Kier alpha value is -0.946. The minimum Gasteiger partial charge on any atom is -0.388 e. The van der Waals surface area contributed by atoms with Crippen LogP contribution >= 0.6 is 0 Å². The highest BCUT2D eigenvalue weighted by Crippen LogP contribution is 2.35. The minimum atomic E-state index is -1.70. The Morgan fingerprint density at radius 3 is 1.82 bits per heavy atom. The quantitative estimate of drug-likeness (QED) is 0.529. The van der Waals surface area contributed by atoms with Crippen molar-refractivity contribution in [3.8, 4) is 0 Å². The van der Waals surface area contributed by atoms with Gasteiger partial charge in [0.05, 0.1) is 0 Å². The molecule has 0 saturated carbocycles. The molecule has 1 aromatic carbocycles. The van der Waals surface area contributed by atoms with Gasteiger partial charge < -0.3 is 8.85 Å². The molecule has 0 saturated heterocycles. The molecule has 0 atom stereocenters. The van der Waals surface area contributed by atoms with E-state index in [1.54, 1.807) is 0 Å². The maximum atomic E-state index is 6.45. The van der Waals surface area contributed by atoms with Crippen LogP contribution in [0.25, 0.3) is 5.57 Å². The number of hydrogen-bond acceptors (Lipinski definition) is 2. The van der Waals surface area contributed by atoms with E-state index in [1.807, 2.05) is 6.07 Å². The summed E-state index contributed by atoms with van der Waals surface area (Å²) in [5, 5.41) is 0. The highest BCUT2D eigenvalue weighted by atomic mass is 28.4. The molecule has 1 aromatic rings. The molecule has 0 unspecified atom stereocenters. The van der Waals surface area contributed by atoms with Crippen LogP contribution in [0.2, 0.25) is 39.3 Å². The molecule has 0 spiro atoms. The standard InChI is InChI=1S/C18H28O2Si2/c1-21(2,3)19-18(20-22(4,5)6)14-12-17(13-15-18)16-10-8-7-9-11-16/h7-14H,15H2,1-6H3. The van der Waals surface area contributed by atoms with E-state index < -0.39 is 22.4 Å². The molecular formula is C18H28O2Si2.